The van der Waals surface area contributed by atoms with E-state index in [0.717, 1.165) is 93.3 Å². The number of furan rings is 1. The zero-order valence-electron chi connectivity index (χ0n) is 36.0. The van der Waals surface area contributed by atoms with Gasteiger partial charge in [0.2, 0.25) is 5.95 Å². The van der Waals surface area contributed by atoms with E-state index in [1.807, 2.05) is 18.2 Å². The zero-order chi connectivity index (χ0) is 43.4. The normalized spacial score (nSPS) is 11.6. The molecule has 65 heavy (non-hydrogen) atoms. The van der Waals surface area contributed by atoms with Crippen molar-refractivity contribution in [2.45, 2.75) is 20.3 Å². The molecule has 13 aromatic rings. The Kier molecular flexibility index (Phi) is 9.27. The molecule has 0 saturated heterocycles. The monoisotopic (exact) mass is 834 g/mol. The fourth-order valence-corrected chi connectivity index (χ4v) is 9.60. The minimum atomic E-state index is 0.537. The molecule has 10 aromatic carbocycles. The van der Waals surface area contributed by atoms with E-state index in [0.29, 0.717) is 17.6 Å². The number of para-hydroxylation sites is 3. The van der Waals surface area contributed by atoms with Gasteiger partial charge in [-0.2, -0.15) is 9.97 Å². The molecule has 5 nitrogen and oxygen atoms in total. The molecule has 0 aliphatic carbocycles. The summed E-state index contributed by atoms with van der Waals surface area (Å²) >= 11 is 0. The summed E-state index contributed by atoms with van der Waals surface area (Å²) in [6.45, 7) is 4.25. The molecule has 0 aliphatic rings. The molecule has 0 radical (unpaired) electrons. The Bertz CT molecular complexity index is 3940. The lowest BCUT2D eigenvalue weighted by atomic mass is 9.95. The summed E-state index contributed by atoms with van der Waals surface area (Å²) in [5, 5.41) is 11.4. The molecular weight excluding hydrogens is 793 g/mol. The Labute approximate surface area is 375 Å². The van der Waals surface area contributed by atoms with Crippen LogP contribution >= 0.6 is 0 Å². The van der Waals surface area contributed by atoms with Gasteiger partial charge in [-0.05, 0) is 50.2 Å². The SMILES string of the molecule is CCC.c1ccc(-c2ccc(-c3nc(-c4ccc5ccccc5c4)nc(-n4c5c(-c6cccc7c6oc6ccccc67)cccc5c5c6ccccc6c6ccccc6c54)n3)cc2)cc1. The topological polar surface area (TPSA) is 56.7 Å². The van der Waals surface area contributed by atoms with E-state index in [2.05, 4.69) is 206 Å². The molecule has 0 fully saturated rings. The number of benzene rings is 10. The molecule has 5 heteroatoms. The average molecular weight is 835 g/mol. The lowest BCUT2D eigenvalue weighted by Gasteiger charge is -2.15. The molecule has 0 bridgehead atoms. The number of hydrogen-bond acceptors (Lipinski definition) is 4. The number of nitrogens with zero attached hydrogens (tertiary/aromatic N) is 4. The van der Waals surface area contributed by atoms with Gasteiger partial charge in [-0.1, -0.05) is 214 Å². The third kappa shape index (κ3) is 6.35. The molecule has 0 N–H and O–H groups in total. The van der Waals surface area contributed by atoms with Gasteiger partial charge >= 0.3 is 0 Å². The van der Waals surface area contributed by atoms with Gasteiger partial charge in [0.25, 0.3) is 0 Å². The Morgan fingerprint density at radius 3 is 1.69 bits per heavy atom. The van der Waals surface area contributed by atoms with Crippen LogP contribution < -0.4 is 0 Å². The molecular formula is C60H42N4O. The maximum Gasteiger partial charge on any atom is 0.238 e. The summed E-state index contributed by atoms with van der Waals surface area (Å²) in [5.74, 6) is 1.73. The smallest absolute Gasteiger partial charge is 0.238 e. The first-order valence-corrected chi connectivity index (χ1v) is 22.4. The average Bonchev–Trinajstić information content (AvgIpc) is 3.94. The van der Waals surface area contributed by atoms with Gasteiger partial charge in [0.15, 0.2) is 11.6 Å². The molecule has 0 spiro atoms. The second-order valence-electron chi connectivity index (χ2n) is 16.6. The van der Waals surface area contributed by atoms with Crippen LogP contribution in [0.2, 0.25) is 0 Å². The van der Waals surface area contributed by atoms with Crippen LogP contribution in [0.3, 0.4) is 0 Å². The molecule has 3 aromatic heterocycles. The van der Waals surface area contributed by atoms with Crippen molar-refractivity contribution in [3.8, 4) is 51.0 Å². The van der Waals surface area contributed by atoms with Crippen molar-refractivity contribution in [2.24, 2.45) is 0 Å². The number of hydrogen-bond donors (Lipinski definition) is 0. The molecule has 0 amide bonds. The van der Waals surface area contributed by atoms with Gasteiger partial charge in [0, 0.05) is 49.2 Å². The van der Waals surface area contributed by atoms with Gasteiger partial charge in [0.1, 0.15) is 11.2 Å². The molecule has 13 rings (SSSR count). The third-order valence-corrected chi connectivity index (χ3v) is 12.4. The van der Waals surface area contributed by atoms with Gasteiger partial charge in [-0.15, -0.1) is 0 Å². The number of rotatable bonds is 5. The quantitative estimate of drug-likeness (QED) is 0.162. The van der Waals surface area contributed by atoms with Crippen molar-refractivity contribution in [2.75, 3.05) is 0 Å². The second-order valence-corrected chi connectivity index (χ2v) is 16.6. The van der Waals surface area contributed by atoms with Gasteiger partial charge in [-0.25, -0.2) is 4.98 Å². The van der Waals surface area contributed by atoms with E-state index < -0.39 is 0 Å². The van der Waals surface area contributed by atoms with Crippen LogP contribution in [0.15, 0.2) is 211 Å². The van der Waals surface area contributed by atoms with E-state index in [9.17, 15) is 0 Å². The predicted molar refractivity (Wildman–Crippen MR) is 272 cm³/mol. The van der Waals surface area contributed by atoms with Crippen LogP contribution in [-0.2, 0) is 0 Å². The standard InChI is InChI=1S/C57H34N4O.C3H8/c1-2-14-35(15-3-1)37-28-31-38(32-29-37)55-58-56(40-33-30-36-16-4-5-17-39(36)34-40)60-57(59-55)61-52-46(48-25-13-24-47-43-20-10-11-27-50(43)62-54(47)48)23-12-26-49(52)51-44-21-8-6-18-41(44)42-19-7-9-22-45(42)53(51)61;1-3-2/h1-34H;3H2,1-2H3. The van der Waals surface area contributed by atoms with Crippen LogP contribution in [0, 0.1) is 0 Å². The van der Waals surface area contributed by atoms with E-state index in [1.165, 1.54) is 22.6 Å². The molecule has 0 unspecified atom stereocenters. The Hall–Kier alpha value is -8.41. The Balaban J connectivity index is 0.00000144. The molecule has 3 heterocycles. The third-order valence-electron chi connectivity index (χ3n) is 12.4. The highest BCUT2D eigenvalue weighted by atomic mass is 16.3. The first kappa shape index (κ1) is 38.3. The van der Waals surface area contributed by atoms with Crippen molar-refractivity contribution in [1.29, 1.82) is 0 Å². The summed E-state index contributed by atoms with van der Waals surface area (Å²) in [4.78, 5) is 16.2. The minimum Gasteiger partial charge on any atom is -0.455 e. The fourth-order valence-electron chi connectivity index (χ4n) is 9.60. The summed E-state index contributed by atoms with van der Waals surface area (Å²) in [6, 6.07) is 72.6. The van der Waals surface area contributed by atoms with Crippen LogP contribution in [0.1, 0.15) is 20.3 Å². The second kappa shape index (κ2) is 15.7. The minimum absolute atomic E-state index is 0.537. The number of fused-ring (bicyclic) bond motifs is 12. The van der Waals surface area contributed by atoms with Gasteiger partial charge in [-0.3, -0.25) is 4.57 Å². The van der Waals surface area contributed by atoms with E-state index in [-0.39, 0.29) is 0 Å². The van der Waals surface area contributed by atoms with Crippen molar-refractivity contribution >= 4 is 76.1 Å². The highest BCUT2D eigenvalue weighted by Gasteiger charge is 2.25. The maximum atomic E-state index is 6.73. The van der Waals surface area contributed by atoms with Crippen LogP contribution in [0.5, 0.6) is 0 Å². The molecule has 308 valence electrons. The van der Waals surface area contributed by atoms with Gasteiger partial charge < -0.3 is 4.42 Å². The number of aromatic nitrogens is 4. The van der Waals surface area contributed by atoms with E-state index in [1.54, 1.807) is 0 Å². The lowest BCUT2D eigenvalue weighted by Crippen LogP contribution is -2.07. The van der Waals surface area contributed by atoms with Crippen LogP contribution in [-0.4, -0.2) is 19.5 Å². The van der Waals surface area contributed by atoms with Crippen molar-refractivity contribution < 1.29 is 4.42 Å². The summed E-state index contributed by atoms with van der Waals surface area (Å²) < 4.78 is 9.02. The maximum absolute atomic E-state index is 6.73. The summed E-state index contributed by atoms with van der Waals surface area (Å²) in [6.07, 6.45) is 1.25. The molecule has 0 saturated carbocycles. The molecule has 0 atom stereocenters. The van der Waals surface area contributed by atoms with Crippen molar-refractivity contribution in [3.05, 3.63) is 206 Å². The summed E-state index contributed by atoms with van der Waals surface area (Å²) in [5.41, 5.74) is 9.88. The first-order chi connectivity index (χ1) is 32.2. The fraction of sp³-hybridized carbons (Fsp3) is 0.0500. The predicted octanol–water partition coefficient (Wildman–Crippen LogP) is 16.4. The zero-order valence-corrected chi connectivity index (χ0v) is 36.0. The highest BCUT2D eigenvalue weighted by Crippen LogP contribution is 2.46. The van der Waals surface area contributed by atoms with Crippen molar-refractivity contribution in [3.63, 3.8) is 0 Å². The molecule has 0 aliphatic heterocycles. The van der Waals surface area contributed by atoms with Crippen LogP contribution in [0.25, 0.3) is 127 Å². The van der Waals surface area contributed by atoms with Crippen molar-refractivity contribution in [1.82, 2.24) is 19.5 Å². The van der Waals surface area contributed by atoms with E-state index in [4.69, 9.17) is 19.4 Å². The first-order valence-electron chi connectivity index (χ1n) is 22.4. The van der Waals surface area contributed by atoms with E-state index >= 15 is 0 Å². The summed E-state index contributed by atoms with van der Waals surface area (Å²) in [7, 11) is 0. The Morgan fingerprint density at radius 1 is 0.385 bits per heavy atom. The van der Waals surface area contributed by atoms with Gasteiger partial charge in [0.05, 0.1) is 11.0 Å². The highest BCUT2D eigenvalue weighted by molar-refractivity contribution is 6.33. The Morgan fingerprint density at radius 2 is 0.923 bits per heavy atom. The van der Waals surface area contributed by atoms with Crippen LogP contribution in [0.4, 0.5) is 0 Å². The lowest BCUT2D eigenvalue weighted by molar-refractivity contribution is 0.670. The largest absolute Gasteiger partial charge is 0.455 e.